The zero-order valence-corrected chi connectivity index (χ0v) is 13.0. The van der Waals surface area contributed by atoms with E-state index in [2.05, 4.69) is 24.6 Å². The molecule has 2 aliphatic rings. The molecule has 0 bridgehead atoms. The molecule has 0 spiro atoms. The maximum atomic E-state index is 9.40. The summed E-state index contributed by atoms with van der Waals surface area (Å²) < 4.78 is 0. The fourth-order valence-electron chi connectivity index (χ4n) is 4.34. The van der Waals surface area contributed by atoms with E-state index in [-0.39, 0.29) is 0 Å². The Morgan fingerprint density at radius 2 is 1.24 bits per heavy atom. The van der Waals surface area contributed by atoms with Crippen LogP contribution in [0.1, 0.15) is 87.2 Å². The van der Waals surface area contributed by atoms with Gasteiger partial charge in [0.05, 0.1) is 0 Å². The maximum absolute atomic E-state index is 9.40. The van der Waals surface area contributed by atoms with Crippen LogP contribution in [-0.4, -0.2) is 5.87 Å². The Morgan fingerprint density at radius 3 is 1.62 bits per heavy atom. The SMILES string of the molecule is C=c1c(C2CCCCC2)cc(=C=[N-])cc1C1CCCCC1. The topological polar surface area (TPSA) is 22.3 Å². The van der Waals surface area contributed by atoms with Gasteiger partial charge >= 0.3 is 0 Å². The predicted octanol–water partition coefficient (Wildman–Crippen LogP) is 4.10. The largest absolute Gasteiger partial charge is 0.763 e. The molecule has 0 N–H and O–H groups in total. The second-order valence-corrected chi connectivity index (χ2v) is 6.91. The summed E-state index contributed by atoms with van der Waals surface area (Å²) in [5.41, 5.74) is 2.77. The first-order valence-corrected chi connectivity index (χ1v) is 8.69. The van der Waals surface area contributed by atoms with Crippen LogP contribution in [0, 0.1) is 0 Å². The highest BCUT2D eigenvalue weighted by atomic mass is 14.3. The molecule has 0 radical (unpaired) electrons. The highest BCUT2D eigenvalue weighted by Crippen LogP contribution is 2.33. The van der Waals surface area contributed by atoms with Crippen LogP contribution in [0.4, 0.5) is 0 Å². The van der Waals surface area contributed by atoms with E-state index in [0.717, 1.165) is 5.22 Å². The molecule has 2 fully saturated rings. The monoisotopic (exact) mass is 280 g/mol. The Kier molecular flexibility index (Phi) is 4.60. The Balaban J connectivity index is 2.03. The van der Waals surface area contributed by atoms with Gasteiger partial charge in [-0.05, 0) is 71.2 Å². The molecule has 21 heavy (non-hydrogen) atoms. The standard InChI is InChI=1S/C20H26N/c1-15-19(17-8-4-2-5-9-17)12-16(14-21)13-20(15)18-10-6-3-7-11-18/h12-13,17-18H,1-11H2/q-1. The van der Waals surface area contributed by atoms with Crippen molar-refractivity contribution in [3.8, 4) is 0 Å². The molecule has 0 aromatic heterocycles. The van der Waals surface area contributed by atoms with Crippen molar-refractivity contribution in [3.05, 3.63) is 39.1 Å². The van der Waals surface area contributed by atoms with Crippen LogP contribution in [0.15, 0.2) is 12.1 Å². The van der Waals surface area contributed by atoms with Gasteiger partial charge in [0.25, 0.3) is 0 Å². The highest BCUT2D eigenvalue weighted by Gasteiger charge is 2.21. The van der Waals surface area contributed by atoms with Gasteiger partial charge in [-0.1, -0.05) is 45.1 Å². The van der Waals surface area contributed by atoms with E-state index in [1.807, 2.05) is 0 Å². The average molecular weight is 280 g/mol. The molecule has 1 aromatic carbocycles. The van der Waals surface area contributed by atoms with Crippen LogP contribution >= 0.6 is 0 Å². The van der Waals surface area contributed by atoms with Crippen molar-refractivity contribution in [1.29, 1.82) is 0 Å². The number of nitrogens with zero attached hydrogens (tertiary/aromatic N) is 1. The minimum atomic E-state index is 0.641. The first-order valence-electron chi connectivity index (χ1n) is 8.69. The van der Waals surface area contributed by atoms with Crippen molar-refractivity contribution in [2.75, 3.05) is 0 Å². The minimum Gasteiger partial charge on any atom is -0.763 e. The summed E-state index contributed by atoms with van der Waals surface area (Å²) in [5.74, 6) is 3.67. The summed E-state index contributed by atoms with van der Waals surface area (Å²) in [6.07, 6.45) is 13.2. The van der Waals surface area contributed by atoms with E-state index < -0.39 is 0 Å². The van der Waals surface area contributed by atoms with E-state index in [0.29, 0.717) is 11.8 Å². The Morgan fingerprint density at radius 1 is 0.810 bits per heavy atom. The van der Waals surface area contributed by atoms with Crippen molar-refractivity contribution in [1.82, 2.24) is 0 Å². The quantitative estimate of drug-likeness (QED) is 0.728. The van der Waals surface area contributed by atoms with Gasteiger partial charge in [0.1, 0.15) is 0 Å². The van der Waals surface area contributed by atoms with Gasteiger partial charge in [-0.15, -0.1) is 0 Å². The van der Waals surface area contributed by atoms with Gasteiger partial charge in [0.2, 0.25) is 0 Å². The summed E-state index contributed by atoms with van der Waals surface area (Å²) in [7, 11) is 0. The van der Waals surface area contributed by atoms with Crippen LogP contribution in [0.25, 0.3) is 12.0 Å². The van der Waals surface area contributed by atoms with Crippen LogP contribution in [-0.2, 0) is 0 Å². The molecule has 0 amide bonds. The fraction of sp³-hybridized carbons (Fsp3) is 0.600. The van der Waals surface area contributed by atoms with Crippen molar-refractivity contribution in [2.45, 2.75) is 76.0 Å². The minimum absolute atomic E-state index is 0.641. The lowest BCUT2D eigenvalue weighted by Gasteiger charge is -2.27. The van der Waals surface area contributed by atoms with Crippen molar-refractivity contribution >= 4 is 12.4 Å². The third-order valence-corrected chi connectivity index (χ3v) is 5.54. The molecule has 1 nitrogen and oxygen atoms in total. The average Bonchev–Trinajstić information content (AvgIpc) is 2.57. The highest BCUT2D eigenvalue weighted by molar-refractivity contribution is 5.56. The van der Waals surface area contributed by atoms with Gasteiger partial charge in [0, 0.05) is 0 Å². The molecule has 0 heterocycles. The van der Waals surface area contributed by atoms with Gasteiger partial charge in [-0.3, -0.25) is 5.87 Å². The fourth-order valence-corrected chi connectivity index (χ4v) is 4.34. The molecule has 3 rings (SSSR count). The van der Waals surface area contributed by atoms with E-state index in [4.69, 9.17) is 0 Å². The third kappa shape index (κ3) is 3.14. The predicted molar refractivity (Wildman–Crippen MR) is 90.3 cm³/mol. The summed E-state index contributed by atoms with van der Waals surface area (Å²) in [5, 5.41) is 11.5. The van der Waals surface area contributed by atoms with Gasteiger partial charge in [-0.2, -0.15) is 0 Å². The molecule has 0 saturated heterocycles. The van der Waals surface area contributed by atoms with Crippen molar-refractivity contribution in [3.63, 3.8) is 0 Å². The molecule has 0 unspecified atom stereocenters. The Labute approximate surface area is 128 Å². The van der Waals surface area contributed by atoms with Gasteiger partial charge in [-0.25, -0.2) is 0 Å². The zero-order valence-electron chi connectivity index (χ0n) is 13.0. The maximum Gasteiger partial charge on any atom is -0.00656 e. The number of hydrogen-bond acceptors (Lipinski definition) is 0. The number of benzene rings is 1. The summed E-state index contributed by atoms with van der Waals surface area (Å²) in [6.45, 7) is 4.44. The normalized spacial score (nSPS) is 21.1. The second-order valence-electron chi connectivity index (χ2n) is 6.91. The molecule has 1 aromatic rings. The van der Waals surface area contributed by atoms with E-state index in [9.17, 15) is 5.41 Å². The number of rotatable bonds is 2. The van der Waals surface area contributed by atoms with E-state index in [1.165, 1.54) is 80.6 Å². The molecule has 2 aliphatic carbocycles. The van der Waals surface area contributed by atoms with Crippen molar-refractivity contribution < 1.29 is 0 Å². The summed E-state index contributed by atoms with van der Waals surface area (Å²) in [4.78, 5) is 0. The van der Waals surface area contributed by atoms with E-state index in [1.54, 1.807) is 0 Å². The molecule has 1 heteroatoms. The van der Waals surface area contributed by atoms with Gasteiger partial charge < -0.3 is 5.41 Å². The van der Waals surface area contributed by atoms with Gasteiger partial charge in [0.15, 0.2) is 0 Å². The Bertz CT molecular complexity index is 567. The first-order chi connectivity index (χ1) is 10.3. The van der Waals surface area contributed by atoms with Crippen LogP contribution < -0.4 is 10.4 Å². The first kappa shape index (κ1) is 14.6. The molecule has 0 atom stereocenters. The van der Waals surface area contributed by atoms with Crippen LogP contribution in [0.2, 0.25) is 0 Å². The molecular formula is C20H26N-. The molecule has 0 aliphatic heterocycles. The zero-order chi connectivity index (χ0) is 14.7. The molecular weight excluding hydrogens is 254 g/mol. The lowest BCUT2D eigenvalue weighted by molar-refractivity contribution is 0.432. The summed E-state index contributed by atoms with van der Waals surface area (Å²) >= 11 is 0. The van der Waals surface area contributed by atoms with Crippen LogP contribution in [0.5, 0.6) is 0 Å². The van der Waals surface area contributed by atoms with E-state index >= 15 is 0 Å². The Hall–Kier alpha value is -1.33. The third-order valence-electron chi connectivity index (χ3n) is 5.54. The summed E-state index contributed by atoms with van der Waals surface area (Å²) in [6, 6.07) is 4.26. The second kappa shape index (κ2) is 6.62. The smallest absolute Gasteiger partial charge is 0.00656 e. The van der Waals surface area contributed by atoms with Crippen LogP contribution in [0.3, 0.4) is 0 Å². The lowest BCUT2D eigenvalue weighted by Crippen LogP contribution is -2.26. The lowest BCUT2D eigenvalue weighted by atomic mass is 9.78. The molecule has 112 valence electrons. The number of hydrogen-bond donors (Lipinski definition) is 0. The molecule has 2 saturated carbocycles. The van der Waals surface area contributed by atoms with Crippen molar-refractivity contribution in [2.24, 2.45) is 0 Å².